The van der Waals surface area contributed by atoms with Crippen molar-refractivity contribution in [3.05, 3.63) is 23.8 Å². The molecule has 1 aliphatic heterocycles. The molecule has 1 fully saturated rings. The molecule has 0 radical (unpaired) electrons. The highest BCUT2D eigenvalue weighted by atomic mass is 32.2. The van der Waals surface area contributed by atoms with Crippen LogP contribution in [0.2, 0.25) is 0 Å². The van der Waals surface area contributed by atoms with Crippen molar-refractivity contribution < 1.29 is 13.5 Å². The van der Waals surface area contributed by atoms with Crippen molar-refractivity contribution in [2.45, 2.75) is 26.7 Å². The molecule has 1 saturated heterocycles. The van der Waals surface area contributed by atoms with Crippen molar-refractivity contribution in [1.29, 1.82) is 0 Å². The molecule has 5 nitrogen and oxygen atoms in total. The molecule has 1 aliphatic rings. The van der Waals surface area contributed by atoms with Gasteiger partial charge in [0.25, 0.3) is 0 Å². The van der Waals surface area contributed by atoms with E-state index in [1.165, 1.54) is 10.4 Å². The van der Waals surface area contributed by atoms with E-state index >= 15 is 0 Å². The van der Waals surface area contributed by atoms with Crippen molar-refractivity contribution in [3.8, 4) is 5.75 Å². The lowest BCUT2D eigenvalue weighted by molar-refractivity contribution is 0.282. The summed E-state index contributed by atoms with van der Waals surface area (Å²) in [4.78, 5) is 0. The molecule has 0 amide bonds. The first kappa shape index (κ1) is 14.1. The molecule has 0 aliphatic carbocycles. The van der Waals surface area contributed by atoms with E-state index in [1.54, 1.807) is 19.1 Å². The number of benzene rings is 1. The Morgan fingerprint density at radius 3 is 2.79 bits per heavy atom. The first-order chi connectivity index (χ1) is 8.88. The van der Waals surface area contributed by atoms with Crippen molar-refractivity contribution in [2.75, 3.05) is 17.8 Å². The number of hydrogen-bond acceptors (Lipinski definition) is 3. The molecule has 1 aromatic rings. The molecule has 0 aromatic heterocycles. The van der Waals surface area contributed by atoms with E-state index in [0.717, 1.165) is 18.4 Å². The normalized spacial score (nSPS) is 21.3. The third kappa shape index (κ3) is 3.39. The predicted octanol–water partition coefficient (Wildman–Crippen LogP) is 2.09. The Bertz CT molecular complexity index is 557. The van der Waals surface area contributed by atoms with Crippen LogP contribution in [0.15, 0.2) is 18.2 Å². The van der Waals surface area contributed by atoms with Gasteiger partial charge in [-0.25, -0.2) is 0 Å². The van der Waals surface area contributed by atoms with Gasteiger partial charge in [-0.05, 0) is 37.3 Å². The van der Waals surface area contributed by atoms with Crippen LogP contribution in [0.4, 0.5) is 5.69 Å². The molecule has 1 heterocycles. The van der Waals surface area contributed by atoms with Crippen LogP contribution in [0.5, 0.6) is 5.75 Å². The molecule has 1 unspecified atom stereocenters. The average Bonchev–Trinajstić information content (AvgIpc) is 2.33. The largest absolute Gasteiger partial charge is 0.508 e. The Labute approximate surface area is 114 Å². The number of anilines is 1. The number of rotatable bonds is 3. The van der Waals surface area contributed by atoms with E-state index in [4.69, 9.17) is 0 Å². The molecular formula is C13H20N2O3S. The van der Waals surface area contributed by atoms with E-state index in [2.05, 4.69) is 11.6 Å². The van der Waals surface area contributed by atoms with Gasteiger partial charge in [-0.3, -0.25) is 4.72 Å². The number of hydrogen-bond donors (Lipinski definition) is 2. The minimum absolute atomic E-state index is 0.0900. The smallest absolute Gasteiger partial charge is 0.301 e. The van der Waals surface area contributed by atoms with Crippen LogP contribution in [0.1, 0.15) is 25.3 Å². The fourth-order valence-electron chi connectivity index (χ4n) is 2.25. The molecule has 0 saturated carbocycles. The van der Waals surface area contributed by atoms with Crippen LogP contribution in [0.25, 0.3) is 0 Å². The van der Waals surface area contributed by atoms with Gasteiger partial charge < -0.3 is 5.11 Å². The maximum absolute atomic E-state index is 12.2. The second kappa shape index (κ2) is 5.38. The average molecular weight is 284 g/mol. The van der Waals surface area contributed by atoms with Gasteiger partial charge in [-0.15, -0.1) is 0 Å². The Morgan fingerprint density at radius 1 is 1.42 bits per heavy atom. The lowest BCUT2D eigenvalue weighted by Crippen LogP contribution is -2.42. The van der Waals surface area contributed by atoms with Gasteiger partial charge in [0.05, 0.1) is 5.69 Å². The summed E-state index contributed by atoms with van der Waals surface area (Å²) >= 11 is 0. The second-order valence-electron chi connectivity index (χ2n) is 5.21. The van der Waals surface area contributed by atoms with E-state index in [-0.39, 0.29) is 5.75 Å². The summed E-state index contributed by atoms with van der Waals surface area (Å²) in [6, 6.07) is 4.77. The maximum Gasteiger partial charge on any atom is 0.301 e. The summed E-state index contributed by atoms with van der Waals surface area (Å²) in [7, 11) is -3.53. The molecule has 1 atom stereocenters. The van der Waals surface area contributed by atoms with E-state index < -0.39 is 10.2 Å². The molecule has 2 N–H and O–H groups in total. The number of nitrogens with zero attached hydrogens (tertiary/aromatic N) is 1. The zero-order valence-corrected chi connectivity index (χ0v) is 12.1. The molecule has 0 spiro atoms. The second-order valence-corrected chi connectivity index (χ2v) is 6.88. The standard InChI is InChI=1S/C13H20N2O3S/c1-10-4-3-7-15(9-10)19(17,18)14-12-6-5-11(2)13(16)8-12/h5-6,8,10,14,16H,3-4,7,9H2,1-2H3. The van der Waals surface area contributed by atoms with Crippen LogP contribution in [-0.2, 0) is 10.2 Å². The van der Waals surface area contributed by atoms with Gasteiger partial charge in [-0.2, -0.15) is 12.7 Å². The van der Waals surface area contributed by atoms with Crippen molar-refractivity contribution in [1.82, 2.24) is 4.31 Å². The predicted molar refractivity (Wildman–Crippen MR) is 75.4 cm³/mol. The summed E-state index contributed by atoms with van der Waals surface area (Å²) < 4.78 is 28.4. The summed E-state index contributed by atoms with van der Waals surface area (Å²) in [5, 5.41) is 9.60. The van der Waals surface area contributed by atoms with Crippen LogP contribution >= 0.6 is 0 Å². The SMILES string of the molecule is Cc1ccc(NS(=O)(=O)N2CCCC(C)C2)cc1O. The quantitative estimate of drug-likeness (QED) is 0.893. The minimum Gasteiger partial charge on any atom is -0.508 e. The van der Waals surface area contributed by atoms with Crippen LogP contribution in [0, 0.1) is 12.8 Å². The van der Waals surface area contributed by atoms with Crippen LogP contribution < -0.4 is 4.72 Å². The van der Waals surface area contributed by atoms with Crippen LogP contribution in [0.3, 0.4) is 0 Å². The number of phenolic OH excluding ortho intramolecular Hbond substituents is 1. The first-order valence-electron chi connectivity index (χ1n) is 6.46. The molecular weight excluding hydrogens is 264 g/mol. The molecule has 2 rings (SSSR count). The molecule has 6 heteroatoms. The van der Waals surface area contributed by atoms with Gasteiger partial charge in [0.1, 0.15) is 5.75 Å². The molecule has 1 aromatic carbocycles. The van der Waals surface area contributed by atoms with Gasteiger partial charge in [0, 0.05) is 19.2 Å². The lowest BCUT2D eigenvalue weighted by atomic mass is 10.0. The van der Waals surface area contributed by atoms with Crippen molar-refractivity contribution in [2.24, 2.45) is 5.92 Å². The van der Waals surface area contributed by atoms with Crippen molar-refractivity contribution >= 4 is 15.9 Å². The van der Waals surface area contributed by atoms with Gasteiger partial charge in [0.15, 0.2) is 0 Å². The molecule has 106 valence electrons. The number of phenols is 1. The van der Waals surface area contributed by atoms with E-state index in [1.807, 2.05) is 0 Å². The molecule has 0 bridgehead atoms. The Kier molecular flexibility index (Phi) is 4.01. The highest BCUT2D eigenvalue weighted by Gasteiger charge is 2.26. The maximum atomic E-state index is 12.2. The number of aromatic hydroxyl groups is 1. The number of nitrogens with one attached hydrogen (secondary N) is 1. The number of piperidine rings is 1. The zero-order valence-electron chi connectivity index (χ0n) is 11.3. The highest BCUT2D eigenvalue weighted by Crippen LogP contribution is 2.24. The third-order valence-electron chi connectivity index (χ3n) is 3.42. The Hall–Kier alpha value is -1.27. The number of aryl methyl sites for hydroxylation is 1. The topological polar surface area (TPSA) is 69.6 Å². The fraction of sp³-hybridized carbons (Fsp3) is 0.538. The summed E-state index contributed by atoms with van der Waals surface area (Å²) in [5.74, 6) is 0.476. The summed E-state index contributed by atoms with van der Waals surface area (Å²) in [6.45, 7) is 4.92. The van der Waals surface area contributed by atoms with Crippen molar-refractivity contribution in [3.63, 3.8) is 0 Å². The highest BCUT2D eigenvalue weighted by molar-refractivity contribution is 7.90. The monoisotopic (exact) mass is 284 g/mol. The summed E-state index contributed by atoms with van der Waals surface area (Å²) in [6.07, 6.45) is 1.96. The van der Waals surface area contributed by atoms with E-state index in [0.29, 0.717) is 24.7 Å². The zero-order chi connectivity index (χ0) is 14.0. The first-order valence-corrected chi connectivity index (χ1v) is 7.90. The summed E-state index contributed by atoms with van der Waals surface area (Å²) in [5.41, 5.74) is 1.11. The minimum atomic E-state index is -3.53. The van der Waals surface area contributed by atoms with Gasteiger partial charge >= 0.3 is 10.2 Å². The van der Waals surface area contributed by atoms with E-state index in [9.17, 15) is 13.5 Å². The van der Waals surface area contributed by atoms with Gasteiger partial charge in [-0.1, -0.05) is 13.0 Å². The van der Waals surface area contributed by atoms with Crippen LogP contribution in [-0.4, -0.2) is 30.9 Å². The third-order valence-corrected chi connectivity index (χ3v) is 4.92. The van der Waals surface area contributed by atoms with Gasteiger partial charge in [0.2, 0.25) is 0 Å². The fourth-order valence-corrected chi connectivity index (χ4v) is 3.63. The Balaban J connectivity index is 2.14. The Morgan fingerprint density at radius 2 is 2.16 bits per heavy atom. The lowest BCUT2D eigenvalue weighted by Gasteiger charge is -2.30. The molecule has 19 heavy (non-hydrogen) atoms.